The molecule has 1 aliphatic rings. The first-order valence-electron chi connectivity index (χ1n) is 8.23. The van der Waals surface area contributed by atoms with Crippen LogP contribution in [0.15, 0.2) is 18.2 Å². The molecule has 1 fully saturated rings. The standard InChI is InChI=1S/C18H24N2O3/c1-3-22-17-10-14(11-19)8-9-16(17)23-12-18(21)20-15-7-5-4-6-13(15)2/h8-10,13,15H,3-7,12H2,1-2H3,(H,20,21). The van der Waals surface area contributed by atoms with Gasteiger partial charge in [-0.25, -0.2) is 0 Å². The van der Waals surface area contributed by atoms with Crippen molar-refractivity contribution in [1.29, 1.82) is 5.26 Å². The Morgan fingerprint density at radius 3 is 2.78 bits per heavy atom. The van der Waals surface area contributed by atoms with Crippen molar-refractivity contribution in [1.82, 2.24) is 5.32 Å². The predicted octanol–water partition coefficient (Wildman–Crippen LogP) is 3.03. The van der Waals surface area contributed by atoms with E-state index in [0.717, 1.165) is 12.8 Å². The first kappa shape index (κ1) is 17.1. The van der Waals surface area contributed by atoms with Gasteiger partial charge in [0.05, 0.1) is 18.2 Å². The number of hydrogen-bond donors (Lipinski definition) is 1. The van der Waals surface area contributed by atoms with Gasteiger partial charge in [-0.05, 0) is 37.8 Å². The van der Waals surface area contributed by atoms with Crippen LogP contribution in [0.4, 0.5) is 0 Å². The maximum atomic E-state index is 12.1. The lowest BCUT2D eigenvalue weighted by Gasteiger charge is -2.29. The van der Waals surface area contributed by atoms with Crippen LogP contribution < -0.4 is 14.8 Å². The summed E-state index contributed by atoms with van der Waals surface area (Å²) >= 11 is 0. The summed E-state index contributed by atoms with van der Waals surface area (Å²) in [6.07, 6.45) is 4.61. The maximum Gasteiger partial charge on any atom is 0.258 e. The van der Waals surface area contributed by atoms with Gasteiger partial charge in [-0.15, -0.1) is 0 Å². The minimum atomic E-state index is -0.115. The highest BCUT2D eigenvalue weighted by Crippen LogP contribution is 2.28. The first-order chi connectivity index (χ1) is 11.1. The Kier molecular flexibility index (Phi) is 6.28. The highest BCUT2D eigenvalue weighted by atomic mass is 16.5. The summed E-state index contributed by atoms with van der Waals surface area (Å²) in [6, 6.07) is 7.25. The monoisotopic (exact) mass is 316 g/mol. The van der Waals surface area contributed by atoms with Gasteiger partial charge in [0.25, 0.3) is 5.91 Å². The Bertz CT molecular complexity index is 580. The van der Waals surface area contributed by atoms with Crippen LogP contribution in [0.5, 0.6) is 11.5 Å². The van der Waals surface area contributed by atoms with Gasteiger partial charge in [0.1, 0.15) is 0 Å². The molecule has 23 heavy (non-hydrogen) atoms. The lowest BCUT2D eigenvalue weighted by Crippen LogP contribution is -2.43. The Morgan fingerprint density at radius 2 is 2.09 bits per heavy atom. The smallest absolute Gasteiger partial charge is 0.258 e. The minimum Gasteiger partial charge on any atom is -0.490 e. The summed E-state index contributed by atoms with van der Waals surface area (Å²) in [7, 11) is 0. The summed E-state index contributed by atoms with van der Waals surface area (Å²) in [6.45, 7) is 4.46. The van der Waals surface area contributed by atoms with Gasteiger partial charge in [0.2, 0.25) is 0 Å². The molecule has 5 nitrogen and oxygen atoms in total. The molecule has 5 heteroatoms. The van der Waals surface area contributed by atoms with E-state index in [-0.39, 0.29) is 18.6 Å². The van der Waals surface area contributed by atoms with Crippen LogP contribution >= 0.6 is 0 Å². The van der Waals surface area contributed by atoms with E-state index >= 15 is 0 Å². The van der Waals surface area contributed by atoms with Crippen molar-refractivity contribution in [2.24, 2.45) is 5.92 Å². The lowest BCUT2D eigenvalue weighted by atomic mass is 9.86. The van der Waals surface area contributed by atoms with Gasteiger partial charge in [-0.3, -0.25) is 4.79 Å². The van der Waals surface area contributed by atoms with E-state index in [0.29, 0.717) is 29.6 Å². The van der Waals surface area contributed by atoms with Crippen molar-refractivity contribution in [3.8, 4) is 17.6 Å². The second kappa shape index (κ2) is 8.42. The molecule has 0 spiro atoms. The van der Waals surface area contributed by atoms with Crippen molar-refractivity contribution in [2.45, 2.75) is 45.6 Å². The lowest BCUT2D eigenvalue weighted by molar-refractivity contribution is -0.124. The molecule has 1 aromatic rings. The topological polar surface area (TPSA) is 71.3 Å². The van der Waals surface area contributed by atoms with Crippen molar-refractivity contribution < 1.29 is 14.3 Å². The highest BCUT2D eigenvalue weighted by Gasteiger charge is 2.23. The average Bonchev–Trinajstić information content (AvgIpc) is 2.56. The van der Waals surface area contributed by atoms with Crippen LogP contribution in [0, 0.1) is 17.2 Å². The second-order valence-electron chi connectivity index (χ2n) is 5.93. The number of nitriles is 1. The normalized spacial score (nSPS) is 20.4. The fourth-order valence-corrected chi connectivity index (χ4v) is 2.89. The first-order valence-corrected chi connectivity index (χ1v) is 8.23. The van der Waals surface area contributed by atoms with E-state index in [9.17, 15) is 4.79 Å². The number of ether oxygens (including phenoxy) is 2. The third-order valence-corrected chi connectivity index (χ3v) is 4.19. The summed E-state index contributed by atoms with van der Waals surface area (Å²) in [5, 5.41) is 12.0. The SMILES string of the molecule is CCOc1cc(C#N)ccc1OCC(=O)NC1CCCCC1C. The fourth-order valence-electron chi connectivity index (χ4n) is 2.89. The summed E-state index contributed by atoms with van der Waals surface area (Å²) in [5.41, 5.74) is 0.501. The number of hydrogen-bond acceptors (Lipinski definition) is 4. The quantitative estimate of drug-likeness (QED) is 0.875. The zero-order valence-corrected chi connectivity index (χ0v) is 13.8. The van der Waals surface area contributed by atoms with E-state index in [2.05, 4.69) is 18.3 Å². The molecule has 2 unspecified atom stereocenters. The zero-order valence-electron chi connectivity index (χ0n) is 13.8. The summed E-state index contributed by atoms with van der Waals surface area (Å²) < 4.78 is 11.1. The number of nitrogens with one attached hydrogen (secondary N) is 1. The minimum absolute atomic E-state index is 0.0464. The zero-order chi connectivity index (χ0) is 16.7. The van der Waals surface area contributed by atoms with Crippen LogP contribution in [0.3, 0.4) is 0 Å². The summed E-state index contributed by atoms with van der Waals surface area (Å²) in [4.78, 5) is 12.1. The largest absolute Gasteiger partial charge is 0.490 e. The second-order valence-corrected chi connectivity index (χ2v) is 5.93. The Morgan fingerprint density at radius 1 is 1.30 bits per heavy atom. The molecule has 0 bridgehead atoms. The van der Waals surface area contributed by atoms with Crippen LogP contribution in [-0.4, -0.2) is 25.2 Å². The number of amides is 1. The van der Waals surface area contributed by atoms with Crippen molar-refractivity contribution in [3.63, 3.8) is 0 Å². The van der Waals surface area contributed by atoms with Crippen LogP contribution in [0.2, 0.25) is 0 Å². The van der Waals surface area contributed by atoms with Crippen molar-refractivity contribution in [2.75, 3.05) is 13.2 Å². The molecular formula is C18H24N2O3. The molecule has 1 saturated carbocycles. The predicted molar refractivity (Wildman–Crippen MR) is 87.4 cm³/mol. The van der Waals surface area contributed by atoms with Gasteiger partial charge < -0.3 is 14.8 Å². The van der Waals surface area contributed by atoms with Gasteiger partial charge in [0.15, 0.2) is 18.1 Å². The summed E-state index contributed by atoms with van der Waals surface area (Å²) in [5.74, 6) is 1.38. The van der Waals surface area contributed by atoms with Crippen LogP contribution in [-0.2, 0) is 4.79 Å². The van der Waals surface area contributed by atoms with Gasteiger partial charge in [0, 0.05) is 12.1 Å². The van der Waals surface area contributed by atoms with E-state index in [1.165, 1.54) is 12.8 Å². The van der Waals surface area contributed by atoms with Crippen molar-refractivity contribution in [3.05, 3.63) is 23.8 Å². The molecule has 1 amide bonds. The van der Waals surface area contributed by atoms with Crippen molar-refractivity contribution >= 4 is 5.91 Å². The Balaban J connectivity index is 1.92. The Labute approximate surface area is 137 Å². The van der Waals surface area contributed by atoms with E-state index in [1.807, 2.05) is 6.92 Å². The molecule has 124 valence electrons. The van der Waals surface area contributed by atoms with Gasteiger partial charge in [-0.1, -0.05) is 19.8 Å². The molecule has 0 saturated heterocycles. The molecule has 0 aliphatic heterocycles. The van der Waals surface area contributed by atoms with Gasteiger partial charge >= 0.3 is 0 Å². The number of nitrogens with zero attached hydrogens (tertiary/aromatic N) is 1. The number of benzene rings is 1. The molecule has 0 heterocycles. The third-order valence-electron chi connectivity index (χ3n) is 4.19. The molecular weight excluding hydrogens is 292 g/mol. The number of rotatable bonds is 6. The Hall–Kier alpha value is -2.22. The molecule has 0 aromatic heterocycles. The molecule has 1 N–H and O–H groups in total. The van der Waals surface area contributed by atoms with Crippen LogP contribution in [0.25, 0.3) is 0 Å². The maximum absolute atomic E-state index is 12.1. The fraction of sp³-hybridized carbons (Fsp3) is 0.556. The number of carbonyl (C=O) groups excluding carboxylic acids is 1. The third kappa shape index (κ3) is 4.88. The molecule has 2 atom stereocenters. The molecule has 0 radical (unpaired) electrons. The van der Waals surface area contributed by atoms with E-state index in [4.69, 9.17) is 14.7 Å². The average molecular weight is 316 g/mol. The number of carbonyl (C=O) groups is 1. The molecule has 1 aromatic carbocycles. The highest BCUT2D eigenvalue weighted by molar-refractivity contribution is 5.78. The van der Waals surface area contributed by atoms with E-state index < -0.39 is 0 Å². The van der Waals surface area contributed by atoms with Crippen LogP contribution in [0.1, 0.15) is 45.1 Å². The molecule has 1 aliphatic carbocycles. The van der Waals surface area contributed by atoms with Gasteiger partial charge in [-0.2, -0.15) is 5.26 Å². The molecule has 2 rings (SSSR count). The van der Waals surface area contributed by atoms with E-state index in [1.54, 1.807) is 18.2 Å².